The average Bonchev–Trinajstić information content (AvgIpc) is 3.01. The second kappa shape index (κ2) is 10.0. The Bertz CT molecular complexity index is 1010. The van der Waals surface area contributed by atoms with Gasteiger partial charge in [0.05, 0.1) is 25.2 Å². The van der Waals surface area contributed by atoms with E-state index in [9.17, 15) is 13.2 Å². The minimum atomic E-state index is -3.95. The van der Waals surface area contributed by atoms with Gasteiger partial charge < -0.3 is 19.5 Å². The molecule has 1 aliphatic heterocycles. The van der Waals surface area contributed by atoms with E-state index in [0.29, 0.717) is 24.7 Å². The first kappa shape index (κ1) is 22.9. The molecule has 2 N–H and O–H groups in total. The van der Waals surface area contributed by atoms with Gasteiger partial charge in [-0.2, -0.15) is 4.72 Å². The molecule has 3 rings (SSSR count). The van der Waals surface area contributed by atoms with Crippen molar-refractivity contribution in [3.63, 3.8) is 0 Å². The van der Waals surface area contributed by atoms with Gasteiger partial charge in [-0.25, -0.2) is 8.42 Å². The van der Waals surface area contributed by atoms with Gasteiger partial charge in [0.1, 0.15) is 11.8 Å². The molecule has 0 saturated heterocycles. The molecule has 1 amide bonds. The van der Waals surface area contributed by atoms with Crippen molar-refractivity contribution in [3.05, 3.63) is 48.0 Å². The van der Waals surface area contributed by atoms with Crippen LogP contribution in [0.25, 0.3) is 0 Å². The third-order valence-electron chi connectivity index (χ3n) is 4.89. The van der Waals surface area contributed by atoms with Crippen molar-refractivity contribution in [2.24, 2.45) is 5.92 Å². The van der Waals surface area contributed by atoms with Crippen LogP contribution in [0, 0.1) is 5.92 Å². The lowest BCUT2D eigenvalue weighted by Gasteiger charge is -2.22. The number of nitrogens with one attached hydrogen (secondary N) is 2. The van der Waals surface area contributed by atoms with Gasteiger partial charge >= 0.3 is 0 Å². The third kappa shape index (κ3) is 5.89. The summed E-state index contributed by atoms with van der Waals surface area (Å²) in [7, 11) is -2.37. The fraction of sp³-hybridized carbons (Fsp3) is 0.409. The smallest absolute Gasteiger partial charge is 0.241 e. The first-order valence-corrected chi connectivity index (χ1v) is 11.6. The lowest BCUT2D eigenvalue weighted by atomic mass is 10.0. The monoisotopic (exact) mass is 448 g/mol. The molecule has 0 spiro atoms. The minimum absolute atomic E-state index is 0.0188. The fourth-order valence-electron chi connectivity index (χ4n) is 3.08. The van der Waals surface area contributed by atoms with E-state index in [2.05, 4.69) is 10.0 Å². The highest BCUT2D eigenvalue weighted by atomic mass is 32.2. The van der Waals surface area contributed by atoms with E-state index in [4.69, 9.17) is 14.2 Å². The molecule has 1 aliphatic rings. The van der Waals surface area contributed by atoms with E-state index in [1.54, 1.807) is 39.2 Å². The van der Waals surface area contributed by atoms with Gasteiger partial charge in [-0.05, 0) is 35.7 Å². The molecular weight excluding hydrogens is 420 g/mol. The topological polar surface area (TPSA) is 103 Å². The second-order valence-electron chi connectivity index (χ2n) is 7.57. The van der Waals surface area contributed by atoms with Crippen LogP contribution in [0.4, 0.5) is 0 Å². The third-order valence-corrected chi connectivity index (χ3v) is 6.33. The molecule has 0 saturated carbocycles. The molecule has 8 nitrogen and oxygen atoms in total. The second-order valence-corrected chi connectivity index (χ2v) is 9.28. The largest absolute Gasteiger partial charge is 0.497 e. The van der Waals surface area contributed by atoms with Crippen molar-refractivity contribution >= 4 is 15.9 Å². The van der Waals surface area contributed by atoms with Crippen LogP contribution in [-0.4, -0.2) is 40.7 Å². The van der Waals surface area contributed by atoms with E-state index in [1.165, 1.54) is 12.1 Å². The zero-order valence-corrected chi connectivity index (χ0v) is 18.7. The molecule has 9 heteroatoms. The average molecular weight is 449 g/mol. The molecule has 1 atom stereocenters. The van der Waals surface area contributed by atoms with Crippen LogP contribution in [0.3, 0.4) is 0 Å². The summed E-state index contributed by atoms with van der Waals surface area (Å²) >= 11 is 0. The number of hydrogen-bond acceptors (Lipinski definition) is 6. The number of carbonyl (C=O) groups excluding carboxylic acids is 1. The standard InChI is InChI=1S/C22H28N2O6S/c1-15(2)21(22(25)23-14-16-5-7-17(28-3)8-6-16)24-31(26,27)18-9-10-19-20(13-18)30-12-4-11-29-19/h5-10,13,15,21,24H,4,11-12,14H2,1-3H3,(H,23,25). The molecule has 31 heavy (non-hydrogen) atoms. The normalized spacial score (nSPS) is 14.6. The van der Waals surface area contributed by atoms with Crippen LogP contribution >= 0.6 is 0 Å². The van der Waals surface area contributed by atoms with E-state index < -0.39 is 22.0 Å². The lowest BCUT2D eigenvalue weighted by Crippen LogP contribution is -2.49. The summed E-state index contributed by atoms with van der Waals surface area (Å²) in [5.74, 6) is 0.951. The number of methoxy groups -OCH3 is 1. The number of benzene rings is 2. The van der Waals surface area contributed by atoms with Crippen molar-refractivity contribution in [2.45, 2.75) is 37.8 Å². The molecule has 0 bridgehead atoms. The van der Waals surface area contributed by atoms with Crippen molar-refractivity contribution in [2.75, 3.05) is 20.3 Å². The number of carbonyl (C=O) groups is 1. The van der Waals surface area contributed by atoms with Crippen LogP contribution in [0.15, 0.2) is 47.4 Å². The molecule has 0 aromatic heterocycles. The number of fused-ring (bicyclic) bond motifs is 1. The van der Waals surface area contributed by atoms with E-state index in [-0.39, 0.29) is 17.4 Å². The molecule has 0 aliphatic carbocycles. The van der Waals surface area contributed by atoms with Crippen molar-refractivity contribution in [1.82, 2.24) is 10.0 Å². The van der Waals surface area contributed by atoms with E-state index in [0.717, 1.165) is 17.7 Å². The maximum absolute atomic E-state index is 13.0. The van der Waals surface area contributed by atoms with Crippen molar-refractivity contribution in [3.8, 4) is 17.2 Å². The first-order valence-electron chi connectivity index (χ1n) is 10.1. The van der Waals surface area contributed by atoms with Crippen LogP contribution in [0.2, 0.25) is 0 Å². The van der Waals surface area contributed by atoms with Gasteiger partial charge in [-0.3, -0.25) is 4.79 Å². The Labute approximate surface area is 182 Å². The highest BCUT2D eigenvalue weighted by molar-refractivity contribution is 7.89. The highest BCUT2D eigenvalue weighted by Crippen LogP contribution is 2.32. The van der Waals surface area contributed by atoms with Gasteiger partial charge in [0.2, 0.25) is 15.9 Å². The van der Waals surface area contributed by atoms with Gasteiger partial charge in [0, 0.05) is 19.0 Å². The van der Waals surface area contributed by atoms with Gasteiger partial charge in [-0.15, -0.1) is 0 Å². The Morgan fingerprint density at radius 2 is 1.74 bits per heavy atom. The summed E-state index contributed by atoms with van der Waals surface area (Å²) in [6.45, 7) is 4.81. The van der Waals surface area contributed by atoms with Crippen LogP contribution < -0.4 is 24.2 Å². The van der Waals surface area contributed by atoms with E-state index in [1.807, 2.05) is 12.1 Å². The number of hydrogen-bond donors (Lipinski definition) is 2. The Balaban J connectivity index is 1.70. The SMILES string of the molecule is COc1ccc(CNC(=O)C(NS(=O)(=O)c2ccc3c(c2)OCCCO3)C(C)C)cc1. The predicted molar refractivity (Wildman–Crippen MR) is 116 cm³/mol. The maximum atomic E-state index is 13.0. The van der Waals surface area contributed by atoms with Crippen LogP contribution in [-0.2, 0) is 21.4 Å². The molecule has 1 heterocycles. The Kier molecular flexibility index (Phi) is 7.40. The molecule has 2 aromatic rings. The molecule has 0 radical (unpaired) electrons. The number of amides is 1. The summed E-state index contributed by atoms with van der Waals surface area (Å²) in [5, 5.41) is 2.80. The summed E-state index contributed by atoms with van der Waals surface area (Å²) < 4.78 is 44.7. The number of ether oxygens (including phenoxy) is 3. The zero-order chi connectivity index (χ0) is 22.4. The lowest BCUT2D eigenvalue weighted by molar-refractivity contribution is -0.123. The summed E-state index contributed by atoms with van der Waals surface area (Å²) in [6.07, 6.45) is 0.721. The number of sulfonamides is 1. The summed E-state index contributed by atoms with van der Waals surface area (Å²) in [4.78, 5) is 12.8. The van der Waals surface area contributed by atoms with Gasteiger partial charge in [0.25, 0.3) is 0 Å². The van der Waals surface area contributed by atoms with Crippen molar-refractivity contribution in [1.29, 1.82) is 0 Å². The van der Waals surface area contributed by atoms with Crippen molar-refractivity contribution < 1.29 is 27.4 Å². The zero-order valence-electron chi connectivity index (χ0n) is 17.9. The Morgan fingerprint density at radius 3 is 2.39 bits per heavy atom. The first-order chi connectivity index (χ1) is 14.8. The maximum Gasteiger partial charge on any atom is 0.241 e. The van der Waals surface area contributed by atoms with Gasteiger partial charge in [0.15, 0.2) is 11.5 Å². The Morgan fingerprint density at radius 1 is 1.06 bits per heavy atom. The highest BCUT2D eigenvalue weighted by Gasteiger charge is 2.29. The molecule has 0 fully saturated rings. The Hall–Kier alpha value is -2.78. The summed E-state index contributed by atoms with van der Waals surface area (Å²) in [5.41, 5.74) is 0.877. The van der Waals surface area contributed by atoms with Crippen LogP contribution in [0.5, 0.6) is 17.2 Å². The predicted octanol–water partition coefficient (Wildman–Crippen LogP) is 2.48. The fourth-order valence-corrected chi connectivity index (χ4v) is 4.44. The number of rotatable bonds is 8. The van der Waals surface area contributed by atoms with Crippen LogP contribution in [0.1, 0.15) is 25.8 Å². The van der Waals surface area contributed by atoms with Gasteiger partial charge in [-0.1, -0.05) is 26.0 Å². The quantitative estimate of drug-likeness (QED) is 0.643. The van der Waals surface area contributed by atoms with E-state index >= 15 is 0 Å². The molecule has 1 unspecified atom stereocenters. The summed E-state index contributed by atoms with van der Waals surface area (Å²) in [6, 6.07) is 10.8. The molecular formula is C22H28N2O6S. The molecule has 168 valence electrons. The minimum Gasteiger partial charge on any atom is -0.497 e. The molecule has 2 aromatic carbocycles.